The Labute approximate surface area is 191 Å². The maximum atomic E-state index is 4.87. The third-order valence-corrected chi connectivity index (χ3v) is 7.40. The molecule has 0 bridgehead atoms. The second kappa shape index (κ2) is 8.39. The first-order valence-corrected chi connectivity index (χ1v) is 12.2. The Morgan fingerprint density at radius 3 is 2.84 bits per heavy atom. The number of nitrogens with zero attached hydrogens (tertiary/aromatic N) is 4. The molecule has 5 rings (SSSR count). The van der Waals surface area contributed by atoms with Gasteiger partial charge in [-0.2, -0.15) is 5.10 Å². The monoisotopic (exact) mass is 432 g/mol. The van der Waals surface area contributed by atoms with E-state index in [4.69, 9.17) is 4.98 Å². The predicted octanol–water partition coefficient (Wildman–Crippen LogP) is 4.96. The Hall–Kier alpha value is -2.60. The molecule has 2 aromatic heterocycles. The lowest BCUT2D eigenvalue weighted by Gasteiger charge is -2.33. The van der Waals surface area contributed by atoms with E-state index in [2.05, 4.69) is 90.3 Å². The minimum atomic E-state index is 0.520. The molecule has 0 radical (unpaired) electrons. The van der Waals surface area contributed by atoms with Gasteiger partial charge in [0.05, 0.1) is 5.69 Å². The molecule has 4 heterocycles. The van der Waals surface area contributed by atoms with E-state index in [1.165, 1.54) is 28.9 Å². The van der Waals surface area contributed by atoms with Gasteiger partial charge < -0.3 is 10.2 Å². The van der Waals surface area contributed by atoms with Crippen LogP contribution in [0.3, 0.4) is 0 Å². The summed E-state index contributed by atoms with van der Waals surface area (Å²) in [5, 5.41) is 11.2. The van der Waals surface area contributed by atoms with Crippen molar-refractivity contribution < 1.29 is 0 Å². The summed E-state index contributed by atoms with van der Waals surface area (Å²) in [5.41, 5.74) is 6.33. The fraction of sp³-hybridized carbons (Fsp3) is 0.538. The number of hydrogen-bond donors (Lipinski definition) is 2. The number of H-pyrrole nitrogens is 1. The second-order valence-corrected chi connectivity index (χ2v) is 9.96. The van der Waals surface area contributed by atoms with Crippen LogP contribution >= 0.6 is 0 Å². The summed E-state index contributed by atoms with van der Waals surface area (Å²) < 4.78 is 0. The molecule has 32 heavy (non-hydrogen) atoms. The van der Waals surface area contributed by atoms with Gasteiger partial charge in [0.25, 0.3) is 0 Å². The van der Waals surface area contributed by atoms with Crippen molar-refractivity contribution in [3.8, 4) is 0 Å². The van der Waals surface area contributed by atoms with Crippen molar-refractivity contribution >= 4 is 17.2 Å². The lowest BCUT2D eigenvalue weighted by Crippen LogP contribution is -2.33. The molecule has 2 aromatic rings. The first-order valence-electron chi connectivity index (χ1n) is 12.2. The average Bonchev–Trinajstić information content (AvgIpc) is 3.37. The summed E-state index contributed by atoms with van der Waals surface area (Å²) in [7, 11) is 0. The zero-order valence-corrected chi connectivity index (χ0v) is 20.0. The number of allylic oxidation sites excluding steroid dienone is 4. The first-order chi connectivity index (χ1) is 15.4. The Bertz CT molecular complexity index is 1050. The molecule has 3 unspecified atom stereocenters. The Morgan fingerprint density at radius 2 is 2.06 bits per heavy atom. The number of fused-ring (bicyclic) bond motifs is 2. The number of pyridine rings is 1. The summed E-state index contributed by atoms with van der Waals surface area (Å²) in [6.07, 6.45) is 7.03. The van der Waals surface area contributed by atoms with Crippen LogP contribution in [-0.2, 0) is 13.0 Å². The van der Waals surface area contributed by atoms with E-state index in [-0.39, 0.29) is 0 Å². The van der Waals surface area contributed by atoms with Gasteiger partial charge in [-0.05, 0) is 62.9 Å². The van der Waals surface area contributed by atoms with Crippen LogP contribution in [0.15, 0.2) is 36.0 Å². The van der Waals surface area contributed by atoms with E-state index in [9.17, 15) is 0 Å². The zero-order chi connectivity index (χ0) is 22.4. The van der Waals surface area contributed by atoms with E-state index >= 15 is 0 Å². The highest BCUT2D eigenvalue weighted by atomic mass is 15.2. The van der Waals surface area contributed by atoms with E-state index in [1.807, 2.05) is 0 Å². The van der Waals surface area contributed by atoms with Gasteiger partial charge in [0, 0.05) is 55.0 Å². The molecule has 3 aliphatic rings. The van der Waals surface area contributed by atoms with Crippen molar-refractivity contribution in [1.82, 2.24) is 25.0 Å². The topological polar surface area (TPSA) is 60.1 Å². The van der Waals surface area contributed by atoms with E-state index in [0.717, 1.165) is 43.4 Å². The molecular weight excluding hydrogens is 396 g/mol. The van der Waals surface area contributed by atoms with E-state index in [1.54, 1.807) is 0 Å². The summed E-state index contributed by atoms with van der Waals surface area (Å²) in [6.45, 7) is 14.7. The Morgan fingerprint density at radius 1 is 1.22 bits per heavy atom. The summed E-state index contributed by atoms with van der Waals surface area (Å²) in [5.74, 6) is 2.83. The average molecular weight is 433 g/mol. The highest BCUT2D eigenvalue weighted by molar-refractivity contribution is 5.76. The highest BCUT2D eigenvalue weighted by Gasteiger charge is 2.39. The van der Waals surface area contributed by atoms with Gasteiger partial charge in [0.2, 0.25) is 0 Å². The molecule has 3 atom stereocenters. The van der Waals surface area contributed by atoms with Crippen LogP contribution in [0, 0.1) is 11.8 Å². The van der Waals surface area contributed by atoms with Gasteiger partial charge in [0.15, 0.2) is 5.82 Å². The van der Waals surface area contributed by atoms with Crippen molar-refractivity contribution in [2.45, 2.75) is 66.1 Å². The van der Waals surface area contributed by atoms with E-state index < -0.39 is 0 Å². The maximum Gasteiger partial charge on any atom is 0.153 e. The molecule has 1 aliphatic carbocycles. The number of likely N-dealkylation sites (N-methyl/N-ethyl adjacent to an activating group) is 1. The molecule has 2 N–H and O–H groups in total. The molecular formula is C26H36N6. The summed E-state index contributed by atoms with van der Waals surface area (Å²) in [6, 6.07) is 7.50. The number of aromatic nitrogens is 3. The Balaban J connectivity index is 1.34. The van der Waals surface area contributed by atoms with Crippen molar-refractivity contribution in [3.63, 3.8) is 0 Å². The number of rotatable bonds is 5. The fourth-order valence-electron chi connectivity index (χ4n) is 5.77. The van der Waals surface area contributed by atoms with Gasteiger partial charge in [-0.3, -0.25) is 10.00 Å². The Kier molecular flexibility index (Phi) is 5.58. The summed E-state index contributed by atoms with van der Waals surface area (Å²) in [4.78, 5) is 9.92. The van der Waals surface area contributed by atoms with Crippen molar-refractivity contribution in [1.29, 1.82) is 0 Å². The molecule has 1 fully saturated rings. The second-order valence-electron chi connectivity index (χ2n) is 9.96. The zero-order valence-electron chi connectivity index (χ0n) is 20.0. The highest BCUT2D eigenvalue weighted by Crippen LogP contribution is 2.44. The minimum absolute atomic E-state index is 0.520. The number of hydrogen-bond acceptors (Lipinski definition) is 5. The quantitative estimate of drug-likeness (QED) is 0.699. The molecule has 6 nitrogen and oxygen atoms in total. The minimum Gasteiger partial charge on any atom is -0.369 e. The van der Waals surface area contributed by atoms with Gasteiger partial charge in [-0.1, -0.05) is 26.0 Å². The normalized spacial score (nSPS) is 25.4. The third-order valence-electron chi connectivity index (χ3n) is 7.40. The largest absolute Gasteiger partial charge is 0.369 e. The van der Waals surface area contributed by atoms with Gasteiger partial charge >= 0.3 is 0 Å². The molecule has 170 valence electrons. The van der Waals surface area contributed by atoms with Crippen LogP contribution < -0.4 is 5.32 Å². The van der Waals surface area contributed by atoms with Gasteiger partial charge in [0.1, 0.15) is 5.82 Å². The number of likely N-dealkylation sites (tertiary alicyclic amines) is 1. The molecule has 1 saturated heterocycles. The van der Waals surface area contributed by atoms with Gasteiger partial charge in [-0.15, -0.1) is 0 Å². The molecule has 0 saturated carbocycles. The molecule has 2 aliphatic heterocycles. The van der Waals surface area contributed by atoms with Crippen LogP contribution in [0.1, 0.15) is 58.0 Å². The fourth-order valence-corrected chi connectivity index (χ4v) is 5.77. The number of anilines is 2. The van der Waals surface area contributed by atoms with Crippen molar-refractivity contribution in [2.75, 3.05) is 18.4 Å². The van der Waals surface area contributed by atoms with Crippen molar-refractivity contribution in [2.24, 2.45) is 11.8 Å². The third kappa shape index (κ3) is 3.85. The first kappa shape index (κ1) is 21.3. The van der Waals surface area contributed by atoms with Crippen LogP contribution in [0.2, 0.25) is 0 Å². The number of nitrogens with one attached hydrogen (secondary N) is 2. The number of aromatic amines is 1. The smallest absolute Gasteiger partial charge is 0.153 e. The molecule has 0 spiro atoms. The molecule has 0 aromatic carbocycles. The lowest BCUT2D eigenvalue weighted by molar-refractivity contribution is 0.254. The SMILES string of the molecule is CCN1CCc2nc(Nc3cc(C4=CC(C)C5CC(C)N(C(C)C)C5=C4)[nH]n3)ccc2C1. The van der Waals surface area contributed by atoms with Crippen molar-refractivity contribution in [3.05, 3.63) is 53.0 Å². The van der Waals surface area contributed by atoms with Crippen LogP contribution in [0.4, 0.5) is 11.6 Å². The van der Waals surface area contributed by atoms with Crippen LogP contribution in [-0.4, -0.2) is 50.2 Å². The maximum absolute atomic E-state index is 4.87. The lowest BCUT2D eigenvalue weighted by atomic mass is 9.83. The van der Waals surface area contributed by atoms with Crippen LogP contribution in [0.5, 0.6) is 0 Å². The van der Waals surface area contributed by atoms with Gasteiger partial charge in [-0.25, -0.2) is 4.98 Å². The predicted molar refractivity (Wildman–Crippen MR) is 131 cm³/mol. The summed E-state index contributed by atoms with van der Waals surface area (Å²) >= 11 is 0. The van der Waals surface area contributed by atoms with Crippen LogP contribution in [0.25, 0.3) is 5.57 Å². The van der Waals surface area contributed by atoms with E-state index in [0.29, 0.717) is 23.9 Å². The standard InChI is InChI=1S/C26H36N6/c1-6-31-10-9-22-19(15-31)7-8-25(27-22)28-26-14-23(29-30-26)20-11-17(4)21-12-18(5)32(16(2)3)24(21)13-20/h7-8,11,13-14,16-18,21H,6,9-10,12,15H2,1-5H3,(H2,27,28,29,30). The molecule has 6 heteroatoms. The molecule has 0 amide bonds.